The molecule has 8 nitrogen and oxygen atoms in total. The Morgan fingerprint density at radius 2 is 1.98 bits per heavy atom. The predicted molar refractivity (Wildman–Crippen MR) is 155 cm³/mol. The minimum Gasteiger partial charge on any atom is -0.473 e. The van der Waals surface area contributed by atoms with Gasteiger partial charge < -0.3 is 24.4 Å². The van der Waals surface area contributed by atoms with E-state index in [1.54, 1.807) is 25.3 Å². The van der Waals surface area contributed by atoms with Gasteiger partial charge in [-0.25, -0.2) is 9.98 Å². The van der Waals surface area contributed by atoms with E-state index in [0.717, 1.165) is 11.1 Å². The number of hydrogen-bond donors (Lipinski definition) is 1. The van der Waals surface area contributed by atoms with Crippen LogP contribution in [0, 0.1) is 17.2 Å². The summed E-state index contributed by atoms with van der Waals surface area (Å²) in [5.74, 6) is -0.174. The normalized spacial score (nSPS) is 29.8. The molecule has 2 aliphatic heterocycles. The third-order valence-electron chi connectivity index (χ3n) is 8.39. The Labute approximate surface area is 242 Å². The highest BCUT2D eigenvalue weighted by Gasteiger charge is 2.87. The number of hydrogen-bond acceptors (Lipinski definition) is 9. The van der Waals surface area contributed by atoms with Gasteiger partial charge in [-0.1, -0.05) is 48.5 Å². The fourth-order valence-corrected chi connectivity index (χ4v) is 8.24. The van der Waals surface area contributed by atoms with Crippen LogP contribution in [0.15, 0.2) is 72.2 Å². The molecule has 1 aliphatic carbocycles. The quantitative estimate of drug-likeness (QED) is 0.316. The van der Waals surface area contributed by atoms with Crippen LogP contribution in [0.5, 0.6) is 10.3 Å². The molecule has 1 spiro atoms. The number of aromatic nitrogens is 1. The Balaban J connectivity index is 1.78. The predicted octanol–water partition coefficient (Wildman–Crippen LogP) is 4.31. The number of nitrogens with zero attached hydrogens (tertiary/aromatic N) is 5. The second-order valence-electron chi connectivity index (χ2n) is 10.6. The first-order valence-electron chi connectivity index (χ1n) is 13.0. The van der Waals surface area contributed by atoms with E-state index in [-0.39, 0.29) is 11.8 Å². The maximum absolute atomic E-state index is 13.2. The standard InChI is InChI=1S/C30H30ClN5O3S/c1-5-15-36-23(16-31)34-30(37)22(18-35(2)3)24(20-9-7-6-8-10-20)28(21-13-11-19(17-32)12-14-21)29(30,36)25-26(39-28)40-27(33-25)38-4/h5-14,22,24,37H,1,15-16,18H2,2-4H3/t22-,24-,28+,29-,30-/m1/s1. The van der Waals surface area contributed by atoms with Gasteiger partial charge in [0, 0.05) is 24.9 Å². The SMILES string of the molecule is C=CCN1C(CCl)=N[C@@]2(O)[C@H](CN(C)C)[C@@H](c3ccccc3)[C@]3(c4ccc(C#N)cc4)Oc4sc(OC)nc4[C@]123. The number of halogens is 1. The summed E-state index contributed by atoms with van der Waals surface area (Å²) < 4.78 is 12.8. The molecule has 0 saturated heterocycles. The molecule has 1 fully saturated rings. The van der Waals surface area contributed by atoms with Gasteiger partial charge in [0.05, 0.1) is 24.6 Å². The molecule has 3 heterocycles. The summed E-state index contributed by atoms with van der Waals surface area (Å²) in [6, 6.07) is 19.8. The van der Waals surface area contributed by atoms with Crippen LogP contribution in [-0.4, -0.2) is 71.6 Å². The minimum absolute atomic E-state index is 0.0860. The molecule has 206 valence electrons. The van der Waals surface area contributed by atoms with E-state index in [9.17, 15) is 10.4 Å². The molecular formula is C30H30ClN5O3S. The number of thiazole rings is 1. The molecule has 6 rings (SSSR count). The molecule has 2 aromatic carbocycles. The number of aliphatic hydroxyl groups is 1. The zero-order chi connectivity index (χ0) is 28.3. The van der Waals surface area contributed by atoms with Gasteiger partial charge in [0.25, 0.3) is 5.19 Å². The average molecular weight is 576 g/mol. The van der Waals surface area contributed by atoms with E-state index < -0.39 is 22.8 Å². The molecular weight excluding hydrogens is 546 g/mol. The lowest BCUT2D eigenvalue weighted by atomic mass is 9.68. The van der Waals surface area contributed by atoms with E-state index in [2.05, 4.69) is 29.7 Å². The fourth-order valence-electron chi connectivity index (χ4n) is 7.20. The van der Waals surface area contributed by atoms with Crippen LogP contribution in [0.25, 0.3) is 0 Å². The van der Waals surface area contributed by atoms with Gasteiger partial charge in [-0.2, -0.15) is 5.26 Å². The summed E-state index contributed by atoms with van der Waals surface area (Å²) in [6.45, 7) is 4.89. The molecule has 10 heteroatoms. The first kappa shape index (κ1) is 26.8. The molecule has 40 heavy (non-hydrogen) atoms. The highest BCUT2D eigenvalue weighted by atomic mass is 35.5. The maximum atomic E-state index is 13.2. The molecule has 0 amide bonds. The number of aliphatic imine (C=N–C) groups is 1. The van der Waals surface area contributed by atoms with Crippen LogP contribution in [0.2, 0.25) is 0 Å². The Kier molecular flexibility index (Phi) is 6.43. The topological polar surface area (TPSA) is 94.2 Å². The lowest BCUT2D eigenvalue weighted by Crippen LogP contribution is -2.64. The second kappa shape index (κ2) is 9.60. The van der Waals surface area contributed by atoms with Crippen molar-refractivity contribution in [1.29, 1.82) is 5.26 Å². The first-order chi connectivity index (χ1) is 19.3. The fraction of sp³-hybridized carbons (Fsp3) is 0.367. The molecule has 1 N–H and O–H groups in total. The molecule has 0 unspecified atom stereocenters. The van der Waals surface area contributed by atoms with Crippen LogP contribution in [0.1, 0.15) is 28.3 Å². The van der Waals surface area contributed by atoms with Crippen molar-refractivity contribution in [3.05, 3.63) is 89.6 Å². The van der Waals surface area contributed by atoms with Crippen LogP contribution in [0.3, 0.4) is 0 Å². The van der Waals surface area contributed by atoms with Crippen molar-refractivity contribution < 1.29 is 14.6 Å². The number of amidine groups is 1. The molecule has 1 aromatic heterocycles. The molecule has 3 aliphatic rings. The third kappa shape index (κ3) is 3.25. The zero-order valence-electron chi connectivity index (χ0n) is 22.5. The highest BCUT2D eigenvalue weighted by Crippen LogP contribution is 2.76. The molecule has 3 aromatic rings. The zero-order valence-corrected chi connectivity index (χ0v) is 24.1. The molecule has 1 saturated carbocycles. The number of fused-ring (bicyclic) bond motifs is 1. The number of nitriles is 1. The summed E-state index contributed by atoms with van der Waals surface area (Å²) in [4.78, 5) is 14.1. The first-order valence-corrected chi connectivity index (χ1v) is 14.4. The Morgan fingerprint density at radius 1 is 1.25 bits per heavy atom. The molecule has 0 radical (unpaired) electrons. The van der Waals surface area contributed by atoms with Crippen molar-refractivity contribution in [2.45, 2.75) is 22.8 Å². The monoisotopic (exact) mass is 575 g/mol. The summed E-state index contributed by atoms with van der Waals surface area (Å²) >= 11 is 7.85. The van der Waals surface area contributed by atoms with E-state index in [0.29, 0.717) is 40.4 Å². The van der Waals surface area contributed by atoms with Crippen molar-refractivity contribution in [3.8, 4) is 16.3 Å². The Bertz CT molecular complexity index is 1520. The van der Waals surface area contributed by atoms with Crippen molar-refractivity contribution in [1.82, 2.24) is 14.8 Å². The van der Waals surface area contributed by atoms with E-state index in [4.69, 9.17) is 31.1 Å². The lowest BCUT2D eigenvalue weighted by Gasteiger charge is -2.48. The highest BCUT2D eigenvalue weighted by molar-refractivity contribution is 7.15. The smallest absolute Gasteiger partial charge is 0.276 e. The number of benzene rings is 2. The Morgan fingerprint density at radius 3 is 2.58 bits per heavy atom. The largest absolute Gasteiger partial charge is 0.473 e. The maximum Gasteiger partial charge on any atom is 0.276 e. The van der Waals surface area contributed by atoms with Crippen molar-refractivity contribution in [2.75, 3.05) is 40.2 Å². The molecule has 0 bridgehead atoms. The van der Waals surface area contributed by atoms with Gasteiger partial charge in [-0.15, -0.1) is 18.2 Å². The van der Waals surface area contributed by atoms with Gasteiger partial charge in [0.2, 0.25) is 5.06 Å². The number of ether oxygens (including phenoxy) is 2. The Hall–Kier alpha value is -3.42. The van der Waals surface area contributed by atoms with Crippen molar-refractivity contribution >= 4 is 28.8 Å². The van der Waals surface area contributed by atoms with E-state index in [1.165, 1.54) is 11.3 Å². The average Bonchev–Trinajstić information content (AvgIpc) is 3.61. The second-order valence-corrected chi connectivity index (χ2v) is 11.8. The summed E-state index contributed by atoms with van der Waals surface area (Å²) in [5, 5.41) is 23.8. The minimum atomic E-state index is -1.69. The van der Waals surface area contributed by atoms with E-state index >= 15 is 0 Å². The number of methoxy groups -OCH3 is 1. The van der Waals surface area contributed by atoms with Crippen molar-refractivity contribution in [3.63, 3.8) is 0 Å². The van der Waals surface area contributed by atoms with E-state index in [1.807, 2.05) is 49.3 Å². The molecule has 5 atom stereocenters. The third-order valence-corrected chi connectivity index (χ3v) is 9.52. The summed E-state index contributed by atoms with van der Waals surface area (Å²) in [6.07, 6.45) is 1.78. The van der Waals surface area contributed by atoms with Crippen LogP contribution in [0.4, 0.5) is 0 Å². The number of alkyl halides is 1. The van der Waals surface area contributed by atoms with Crippen LogP contribution in [-0.2, 0) is 11.1 Å². The van der Waals surface area contributed by atoms with Crippen molar-refractivity contribution in [2.24, 2.45) is 10.9 Å². The summed E-state index contributed by atoms with van der Waals surface area (Å²) in [7, 11) is 5.54. The van der Waals surface area contributed by atoms with Gasteiger partial charge in [0.1, 0.15) is 11.5 Å². The number of rotatable bonds is 8. The summed E-state index contributed by atoms with van der Waals surface area (Å²) in [5.41, 5.74) is -1.29. The van der Waals surface area contributed by atoms with Crippen LogP contribution < -0.4 is 9.47 Å². The van der Waals surface area contributed by atoms with Gasteiger partial charge in [0.15, 0.2) is 16.9 Å². The van der Waals surface area contributed by atoms with Gasteiger partial charge >= 0.3 is 0 Å². The van der Waals surface area contributed by atoms with Gasteiger partial charge in [-0.3, -0.25) is 0 Å². The lowest BCUT2D eigenvalue weighted by molar-refractivity contribution is -0.123. The van der Waals surface area contributed by atoms with Crippen LogP contribution >= 0.6 is 22.9 Å². The van der Waals surface area contributed by atoms with Gasteiger partial charge in [-0.05, 0) is 48.7 Å².